The molecule has 7 heteroatoms. The van der Waals surface area contributed by atoms with Gasteiger partial charge < -0.3 is 14.5 Å². The number of rotatable bonds is 3. The summed E-state index contributed by atoms with van der Waals surface area (Å²) in [6.07, 6.45) is 2.13. The third kappa shape index (κ3) is 3.08. The van der Waals surface area contributed by atoms with E-state index in [2.05, 4.69) is 10.3 Å². The van der Waals surface area contributed by atoms with Crippen LogP contribution in [0.3, 0.4) is 0 Å². The van der Waals surface area contributed by atoms with Crippen LogP contribution in [0.2, 0.25) is 0 Å². The number of nitrogens with zero attached hydrogens (tertiary/aromatic N) is 2. The lowest BCUT2D eigenvalue weighted by atomic mass is 10.0. The molecule has 1 aliphatic rings. The summed E-state index contributed by atoms with van der Waals surface area (Å²) in [6, 6.07) is 5.10. The molecule has 1 aliphatic heterocycles. The van der Waals surface area contributed by atoms with Crippen LogP contribution in [-0.4, -0.2) is 35.2 Å². The van der Waals surface area contributed by atoms with Gasteiger partial charge in [0.15, 0.2) is 0 Å². The first kappa shape index (κ1) is 17.1. The first-order valence-corrected chi connectivity index (χ1v) is 8.48. The van der Waals surface area contributed by atoms with Gasteiger partial charge in [-0.15, -0.1) is 0 Å². The molecule has 1 fully saturated rings. The lowest BCUT2D eigenvalue weighted by molar-refractivity contribution is 0.0286. The fraction of sp³-hybridized carbons (Fsp3) is 0.316. The van der Waals surface area contributed by atoms with Crippen molar-refractivity contribution in [2.75, 3.05) is 19.7 Å². The van der Waals surface area contributed by atoms with E-state index < -0.39 is 17.5 Å². The molecule has 3 heterocycles. The molecule has 1 unspecified atom stereocenters. The Balaban J connectivity index is 1.89. The maximum Gasteiger partial charge on any atom is 0.138 e. The lowest BCUT2D eigenvalue weighted by Gasteiger charge is -2.24. The van der Waals surface area contributed by atoms with Gasteiger partial charge >= 0.3 is 0 Å². The second-order valence-electron chi connectivity index (χ2n) is 6.48. The minimum absolute atomic E-state index is 0.129. The SMILES string of the molecule is Cc1ccn2c(CC3CNCCO3)c(-c3c(F)cc(F)cc3F)nc2c1. The van der Waals surface area contributed by atoms with Crippen molar-refractivity contribution in [2.45, 2.75) is 19.4 Å². The van der Waals surface area contributed by atoms with Crippen molar-refractivity contribution in [1.82, 2.24) is 14.7 Å². The van der Waals surface area contributed by atoms with Gasteiger partial charge in [-0.25, -0.2) is 18.2 Å². The highest BCUT2D eigenvalue weighted by Crippen LogP contribution is 2.31. The van der Waals surface area contributed by atoms with E-state index in [0.717, 1.165) is 12.1 Å². The Labute approximate surface area is 148 Å². The molecule has 0 radical (unpaired) electrons. The van der Waals surface area contributed by atoms with Gasteiger partial charge in [0.05, 0.1) is 29.7 Å². The Morgan fingerprint density at radius 2 is 2.00 bits per heavy atom. The second kappa shape index (κ2) is 6.74. The van der Waals surface area contributed by atoms with E-state index in [1.54, 1.807) is 0 Å². The lowest BCUT2D eigenvalue weighted by Crippen LogP contribution is -2.39. The highest BCUT2D eigenvalue weighted by atomic mass is 19.1. The molecule has 4 rings (SSSR count). The van der Waals surface area contributed by atoms with Gasteiger partial charge in [-0.05, 0) is 24.6 Å². The number of fused-ring (bicyclic) bond motifs is 1. The number of nitrogens with one attached hydrogen (secondary N) is 1. The summed E-state index contributed by atoms with van der Waals surface area (Å²) in [6.45, 7) is 3.92. The van der Waals surface area contributed by atoms with Crippen LogP contribution in [-0.2, 0) is 11.2 Å². The second-order valence-corrected chi connectivity index (χ2v) is 6.48. The molecule has 3 aromatic rings. The van der Waals surface area contributed by atoms with E-state index in [9.17, 15) is 13.2 Å². The Kier molecular flexibility index (Phi) is 4.42. The van der Waals surface area contributed by atoms with Gasteiger partial charge in [-0.3, -0.25) is 0 Å². The maximum atomic E-state index is 14.4. The van der Waals surface area contributed by atoms with Gasteiger partial charge in [0.2, 0.25) is 0 Å². The van der Waals surface area contributed by atoms with Gasteiger partial charge in [0, 0.05) is 37.8 Å². The summed E-state index contributed by atoms with van der Waals surface area (Å²) in [5, 5.41) is 3.24. The Morgan fingerprint density at radius 3 is 2.69 bits per heavy atom. The van der Waals surface area contributed by atoms with E-state index >= 15 is 0 Å². The molecule has 136 valence electrons. The van der Waals surface area contributed by atoms with E-state index in [1.807, 2.05) is 29.7 Å². The van der Waals surface area contributed by atoms with Crippen LogP contribution in [0.5, 0.6) is 0 Å². The van der Waals surface area contributed by atoms with Crippen molar-refractivity contribution >= 4 is 5.65 Å². The predicted octanol–water partition coefficient (Wildman–Crippen LogP) is 3.26. The van der Waals surface area contributed by atoms with Crippen LogP contribution in [0.4, 0.5) is 13.2 Å². The first-order valence-electron chi connectivity index (χ1n) is 8.48. The highest BCUT2D eigenvalue weighted by molar-refractivity contribution is 5.68. The summed E-state index contributed by atoms with van der Waals surface area (Å²) in [4.78, 5) is 4.45. The zero-order valence-corrected chi connectivity index (χ0v) is 14.2. The first-order chi connectivity index (χ1) is 12.5. The maximum absolute atomic E-state index is 14.4. The van der Waals surface area contributed by atoms with Crippen molar-refractivity contribution in [1.29, 1.82) is 0 Å². The quantitative estimate of drug-likeness (QED) is 0.778. The standard InChI is InChI=1S/C19H18F3N3O/c1-11-2-4-25-16(9-13-10-23-3-5-26-13)19(24-17(25)6-11)18-14(21)7-12(20)8-15(18)22/h2,4,6-8,13,23H,3,5,9-10H2,1H3. The van der Waals surface area contributed by atoms with Crippen molar-refractivity contribution in [3.63, 3.8) is 0 Å². The fourth-order valence-corrected chi connectivity index (χ4v) is 3.33. The highest BCUT2D eigenvalue weighted by Gasteiger charge is 2.25. The van der Waals surface area contributed by atoms with Gasteiger partial charge in [0.25, 0.3) is 0 Å². The van der Waals surface area contributed by atoms with Crippen LogP contribution in [0, 0.1) is 24.4 Å². The van der Waals surface area contributed by atoms with Crippen molar-refractivity contribution in [3.05, 3.63) is 59.2 Å². The Hall–Kier alpha value is -2.38. The smallest absolute Gasteiger partial charge is 0.138 e. The summed E-state index contributed by atoms with van der Waals surface area (Å²) < 4.78 is 49.7. The molecule has 0 saturated carbocycles. The van der Waals surface area contributed by atoms with E-state index in [1.165, 1.54) is 0 Å². The van der Waals surface area contributed by atoms with Crippen LogP contribution >= 0.6 is 0 Å². The molecule has 1 atom stereocenters. The number of aryl methyl sites for hydroxylation is 1. The molecule has 0 aliphatic carbocycles. The molecule has 0 spiro atoms. The third-order valence-electron chi connectivity index (χ3n) is 4.55. The predicted molar refractivity (Wildman–Crippen MR) is 91.6 cm³/mol. The number of morpholine rings is 1. The summed E-state index contributed by atoms with van der Waals surface area (Å²) in [5.74, 6) is -2.89. The summed E-state index contributed by atoms with van der Waals surface area (Å²) in [7, 11) is 0. The van der Waals surface area contributed by atoms with Crippen LogP contribution in [0.15, 0.2) is 30.5 Å². The van der Waals surface area contributed by atoms with Crippen LogP contribution in [0.1, 0.15) is 11.3 Å². The molecule has 4 nitrogen and oxygen atoms in total. The average Bonchev–Trinajstić information content (AvgIpc) is 2.92. The van der Waals surface area contributed by atoms with Crippen molar-refractivity contribution < 1.29 is 17.9 Å². The zero-order valence-electron chi connectivity index (χ0n) is 14.2. The van der Waals surface area contributed by atoms with Crippen molar-refractivity contribution in [2.24, 2.45) is 0 Å². The number of ether oxygens (including phenoxy) is 1. The molecule has 1 N–H and O–H groups in total. The molecular weight excluding hydrogens is 343 g/mol. The molecule has 0 amide bonds. The number of hydrogen-bond donors (Lipinski definition) is 1. The average molecular weight is 361 g/mol. The van der Waals surface area contributed by atoms with E-state index in [4.69, 9.17) is 4.74 Å². The molecular formula is C19H18F3N3O. The number of halogens is 3. The topological polar surface area (TPSA) is 38.6 Å². The number of imidazole rings is 1. The summed E-state index contributed by atoms with van der Waals surface area (Å²) >= 11 is 0. The van der Waals surface area contributed by atoms with Gasteiger partial charge in [-0.1, -0.05) is 0 Å². The largest absolute Gasteiger partial charge is 0.375 e. The Bertz CT molecular complexity index is 941. The van der Waals surface area contributed by atoms with Crippen LogP contribution in [0.25, 0.3) is 16.9 Å². The molecule has 1 aromatic carbocycles. The van der Waals surface area contributed by atoms with Gasteiger partial charge in [0.1, 0.15) is 23.1 Å². The van der Waals surface area contributed by atoms with Crippen LogP contribution < -0.4 is 5.32 Å². The number of benzene rings is 1. The number of pyridine rings is 1. The number of hydrogen-bond acceptors (Lipinski definition) is 3. The third-order valence-corrected chi connectivity index (χ3v) is 4.55. The van der Waals surface area contributed by atoms with Gasteiger partial charge in [-0.2, -0.15) is 0 Å². The molecule has 2 aromatic heterocycles. The van der Waals surface area contributed by atoms with E-state index in [-0.39, 0.29) is 17.4 Å². The normalized spacial score (nSPS) is 17.8. The molecule has 1 saturated heterocycles. The molecule has 0 bridgehead atoms. The van der Waals surface area contributed by atoms with Crippen molar-refractivity contribution in [3.8, 4) is 11.3 Å². The zero-order chi connectivity index (χ0) is 18.3. The minimum atomic E-state index is -0.966. The Morgan fingerprint density at radius 1 is 1.23 bits per heavy atom. The summed E-state index contributed by atoms with van der Waals surface area (Å²) in [5.41, 5.74) is 2.07. The molecule has 26 heavy (non-hydrogen) atoms. The minimum Gasteiger partial charge on any atom is -0.375 e. The fourth-order valence-electron chi connectivity index (χ4n) is 3.33. The van der Waals surface area contributed by atoms with E-state index in [0.29, 0.717) is 43.0 Å². The monoisotopic (exact) mass is 361 g/mol. The number of aromatic nitrogens is 2.